The Balaban J connectivity index is 1.77. The molecule has 0 spiro atoms. The number of rotatable bonds is 4. The summed E-state index contributed by atoms with van der Waals surface area (Å²) < 4.78 is 10.3. The van der Waals surface area contributed by atoms with Gasteiger partial charge in [-0.15, -0.1) is 0 Å². The number of nitrogens with zero attached hydrogens (tertiary/aromatic N) is 1. The zero-order valence-corrected chi connectivity index (χ0v) is 12.5. The Kier molecular flexibility index (Phi) is 4.32. The van der Waals surface area contributed by atoms with Crippen molar-refractivity contribution in [1.82, 2.24) is 10.5 Å². The Morgan fingerprint density at radius 1 is 1.50 bits per heavy atom. The second kappa shape index (κ2) is 5.83. The average molecular weight is 281 g/mol. The Morgan fingerprint density at radius 3 is 2.75 bits per heavy atom. The van der Waals surface area contributed by atoms with Crippen LogP contribution >= 0.6 is 0 Å². The standard InChI is InChI=1S/C14H23N3O3/c1-14(2,3)11-7-12(17-20-11)16-13(18)15-10-5-9(6-10)8-19-4/h7,9-10H,5-6,8H2,1-4H3,(H2,15,16,17,18). The van der Waals surface area contributed by atoms with E-state index < -0.39 is 0 Å². The van der Waals surface area contributed by atoms with Gasteiger partial charge in [0.2, 0.25) is 0 Å². The van der Waals surface area contributed by atoms with Crippen LogP contribution in [0.15, 0.2) is 10.6 Å². The highest BCUT2D eigenvalue weighted by Crippen LogP contribution is 2.27. The number of hydrogen-bond donors (Lipinski definition) is 2. The molecule has 1 heterocycles. The van der Waals surface area contributed by atoms with E-state index in [1.54, 1.807) is 13.2 Å². The molecule has 2 N–H and O–H groups in total. The number of ether oxygens (including phenoxy) is 1. The zero-order chi connectivity index (χ0) is 14.8. The topological polar surface area (TPSA) is 76.4 Å². The molecule has 0 atom stereocenters. The highest BCUT2D eigenvalue weighted by molar-refractivity contribution is 5.88. The second-order valence-electron chi connectivity index (χ2n) is 6.41. The van der Waals surface area contributed by atoms with E-state index in [0.29, 0.717) is 11.7 Å². The maximum absolute atomic E-state index is 11.8. The number of aromatic nitrogens is 1. The minimum Gasteiger partial charge on any atom is -0.384 e. The number of carbonyl (C=O) groups excluding carboxylic acids is 1. The molecule has 1 aromatic rings. The number of urea groups is 1. The van der Waals surface area contributed by atoms with Crippen molar-refractivity contribution in [3.63, 3.8) is 0 Å². The molecule has 0 saturated heterocycles. The van der Waals surface area contributed by atoms with Crippen LogP contribution in [0.4, 0.5) is 10.6 Å². The highest BCUT2D eigenvalue weighted by atomic mass is 16.5. The minimum absolute atomic E-state index is 0.120. The Morgan fingerprint density at radius 2 is 2.20 bits per heavy atom. The third-order valence-electron chi connectivity index (χ3n) is 3.46. The summed E-state index contributed by atoms with van der Waals surface area (Å²) in [5, 5.41) is 9.46. The first-order chi connectivity index (χ1) is 9.38. The van der Waals surface area contributed by atoms with Crippen LogP contribution in [0.25, 0.3) is 0 Å². The molecule has 112 valence electrons. The van der Waals surface area contributed by atoms with Crippen molar-refractivity contribution in [2.45, 2.75) is 45.1 Å². The summed E-state index contributed by atoms with van der Waals surface area (Å²) in [6, 6.07) is 1.75. The van der Waals surface area contributed by atoms with E-state index >= 15 is 0 Å². The number of amides is 2. The van der Waals surface area contributed by atoms with Gasteiger partial charge < -0.3 is 14.6 Å². The van der Waals surface area contributed by atoms with Crippen LogP contribution in [0.5, 0.6) is 0 Å². The lowest BCUT2D eigenvalue weighted by Gasteiger charge is -2.35. The molecular weight excluding hydrogens is 258 g/mol. The second-order valence-corrected chi connectivity index (χ2v) is 6.41. The summed E-state index contributed by atoms with van der Waals surface area (Å²) in [6.45, 7) is 6.85. The Labute approximate surface area is 119 Å². The van der Waals surface area contributed by atoms with Gasteiger partial charge in [0.25, 0.3) is 0 Å². The smallest absolute Gasteiger partial charge is 0.320 e. The molecule has 1 aliphatic carbocycles. The summed E-state index contributed by atoms with van der Waals surface area (Å²) in [5.41, 5.74) is -0.120. The first kappa shape index (κ1) is 14.8. The van der Waals surface area contributed by atoms with Crippen molar-refractivity contribution in [3.05, 3.63) is 11.8 Å². The molecule has 0 aromatic carbocycles. The van der Waals surface area contributed by atoms with Crippen molar-refractivity contribution < 1.29 is 14.1 Å². The predicted octanol–water partition coefficient (Wildman–Crippen LogP) is 2.52. The van der Waals surface area contributed by atoms with E-state index in [9.17, 15) is 4.79 Å². The Hall–Kier alpha value is -1.56. The minimum atomic E-state index is -0.236. The third-order valence-corrected chi connectivity index (χ3v) is 3.46. The fourth-order valence-corrected chi connectivity index (χ4v) is 2.25. The highest BCUT2D eigenvalue weighted by Gasteiger charge is 2.30. The van der Waals surface area contributed by atoms with E-state index in [4.69, 9.17) is 9.26 Å². The number of methoxy groups -OCH3 is 1. The Bertz CT molecular complexity index is 458. The molecule has 0 aliphatic heterocycles. The molecule has 0 unspecified atom stereocenters. The van der Waals surface area contributed by atoms with Crippen LogP contribution < -0.4 is 10.6 Å². The SMILES string of the molecule is COCC1CC(NC(=O)Nc2cc(C(C)(C)C)on2)C1. The van der Waals surface area contributed by atoms with Gasteiger partial charge in [0.05, 0.1) is 0 Å². The summed E-state index contributed by atoms with van der Waals surface area (Å²) in [6.07, 6.45) is 1.93. The number of carbonyl (C=O) groups is 1. The molecular formula is C14H23N3O3. The van der Waals surface area contributed by atoms with Crippen molar-refractivity contribution in [2.24, 2.45) is 5.92 Å². The van der Waals surface area contributed by atoms with Crippen molar-refractivity contribution >= 4 is 11.8 Å². The van der Waals surface area contributed by atoms with E-state index in [-0.39, 0.29) is 17.5 Å². The molecule has 2 amide bonds. The molecule has 0 bridgehead atoms. The normalized spacial score (nSPS) is 22.2. The van der Waals surface area contributed by atoms with Gasteiger partial charge in [0.15, 0.2) is 5.82 Å². The molecule has 6 nitrogen and oxygen atoms in total. The molecule has 2 rings (SSSR count). The lowest BCUT2D eigenvalue weighted by atomic mass is 9.81. The fourth-order valence-electron chi connectivity index (χ4n) is 2.25. The van der Waals surface area contributed by atoms with E-state index in [1.165, 1.54) is 0 Å². The number of anilines is 1. The van der Waals surface area contributed by atoms with Crippen LogP contribution in [0.2, 0.25) is 0 Å². The van der Waals surface area contributed by atoms with Crippen LogP contribution in [-0.4, -0.2) is 30.9 Å². The van der Waals surface area contributed by atoms with Gasteiger partial charge in [-0.3, -0.25) is 5.32 Å². The van der Waals surface area contributed by atoms with Crippen LogP contribution in [0.1, 0.15) is 39.4 Å². The maximum atomic E-state index is 11.8. The summed E-state index contributed by atoms with van der Waals surface area (Å²) >= 11 is 0. The van der Waals surface area contributed by atoms with Crippen molar-refractivity contribution in [3.8, 4) is 0 Å². The molecule has 1 saturated carbocycles. The van der Waals surface area contributed by atoms with Gasteiger partial charge in [-0.05, 0) is 18.8 Å². The van der Waals surface area contributed by atoms with Gasteiger partial charge in [-0.1, -0.05) is 25.9 Å². The van der Waals surface area contributed by atoms with Gasteiger partial charge in [0.1, 0.15) is 5.76 Å². The number of hydrogen-bond acceptors (Lipinski definition) is 4. The average Bonchev–Trinajstić information content (AvgIpc) is 2.74. The maximum Gasteiger partial charge on any atom is 0.320 e. The molecule has 1 fully saturated rings. The van der Waals surface area contributed by atoms with E-state index in [2.05, 4.69) is 15.8 Å². The number of nitrogens with one attached hydrogen (secondary N) is 2. The quantitative estimate of drug-likeness (QED) is 0.889. The summed E-state index contributed by atoms with van der Waals surface area (Å²) in [4.78, 5) is 11.8. The summed E-state index contributed by atoms with van der Waals surface area (Å²) in [7, 11) is 1.70. The van der Waals surface area contributed by atoms with Crippen LogP contribution in [0, 0.1) is 5.92 Å². The zero-order valence-electron chi connectivity index (χ0n) is 12.5. The monoisotopic (exact) mass is 281 g/mol. The van der Waals surface area contributed by atoms with Crippen molar-refractivity contribution in [1.29, 1.82) is 0 Å². The molecule has 1 aromatic heterocycles. The lowest BCUT2D eigenvalue weighted by Crippen LogP contribution is -2.47. The first-order valence-electron chi connectivity index (χ1n) is 6.92. The molecule has 6 heteroatoms. The lowest BCUT2D eigenvalue weighted by molar-refractivity contribution is 0.0916. The van der Waals surface area contributed by atoms with Crippen LogP contribution in [-0.2, 0) is 10.2 Å². The van der Waals surface area contributed by atoms with E-state index in [0.717, 1.165) is 25.2 Å². The van der Waals surface area contributed by atoms with Crippen LogP contribution in [0.3, 0.4) is 0 Å². The summed E-state index contributed by atoms with van der Waals surface area (Å²) in [5.74, 6) is 1.75. The van der Waals surface area contributed by atoms with Crippen molar-refractivity contribution in [2.75, 3.05) is 19.0 Å². The van der Waals surface area contributed by atoms with Gasteiger partial charge in [-0.25, -0.2) is 4.79 Å². The fraction of sp³-hybridized carbons (Fsp3) is 0.714. The molecule has 1 aliphatic rings. The largest absolute Gasteiger partial charge is 0.384 e. The third kappa shape index (κ3) is 3.72. The first-order valence-corrected chi connectivity index (χ1v) is 6.92. The molecule has 0 radical (unpaired) electrons. The van der Waals surface area contributed by atoms with Gasteiger partial charge in [-0.2, -0.15) is 0 Å². The predicted molar refractivity (Wildman–Crippen MR) is 75.7 cm³/mol. The van der Waals surface area contributed by atoms with Gasteiger partial charge >= 0.3 is 6.03 Å². The molecule has 20 heavy (non-hydrogen) atoms. The van der Waals surface area contributed by atoms with Gasteiger partial charge in [0, 0.05) is 31.2 Å². The van der Waals surface area contributed by atoms with E-state index in [1.807, 2.05) is 20.8 Å².